The van der Waals surface area contributed by atoms with Gasteiger partial charge in [0.05, 0.1) is 22.9 Å². The Hall–Kier alpha value is -3.53. The van der Waals surface area contributed by atoms with E-state index in [1.807, 2.05) is 18.2 Å². The number of anilines is 1. The van der Waals surface area contributed by atoms with Crippen molar-refractivity contribution in [3.05, 3.63) is 58.3 Å². The monoisotopic (exact) mass is 356 g/mol. The fourth-order valence-electron chi connectivity index (χ4n) is 2.09. The van der Waals surface area contributed by atoms with Gasteiger partial charge < -0.3 is 10.4 Å². The van der Waals surface area contributed by atoms with Crippen molar-refractivity contribution in [3.63, 3.8) is 0 Å². The maximum atomic E-state index is 10.7. The van der Waals surface area contributed by atoms with Crippen molar-refractivity contribution in [1.29, 1.82) is 0 Å². The van der Waals surface area contributed by atoms with E-state index in [0.717, 1.165) is 16.6 Å². The van der Waals surface area contributed by atoms with Crippen LogP contribution in [-0.2, 0) is 0 Å². The van der Waals surface area contributed by atoms with Crippen molar-refractivity contribution in [2.45, 2.75) is 0 Å². The average Bonchev–Trinajstić information content (AvgIpc) is 3.04. The molecule has 0 unspecified atom stereocenters. The Morgan fingerprint density at radius 3 is 3.00 bits per heavy atom. The molecule has 0 fully saturated rings. The van der Waals surface area contributed by atoms with Crippen LogP contribution in [0.5, 0.6) is 5.75 Å². The molecular formula is C15H12N6O3S. The van der Waals surface area contributed by atoms with Gasteiger partial charge in [0.2, 0.25) is 0 Å². The lowest BCUT2D eigenvalue weighted by Crippen LogP contribution is -2.23. The molecule has 25 heavy (non-hydrogen) atoms. The summed E-state index contributed by atoms with van der Waals surface area (Å²) in [6, 6.07) is 9.21. The van der Waals surface area contributed by atoms with Crippen molar-refractivity contribution < 1.29 is 10.0 Å². The molecule has 3 aromatic rings. The highest BCUT2D eigenvalue weighted by Gasteiger charge is 2.08. The summed E-state index contributed by atoms with van der Waals surface area (Å²) in [7, 11) is 0. The fraction of sp³-hybridized carbons (Fsp3) is 0. The second kappa shape index (κ2) is 6.93. The number of non-ortho nitro benzene ring substituents is 1. The number of nitro benzene ring substituents is 1. The molecule has 0 amide bonds. The third-order valence-corrected chi connectivity index (χ3v) is 3.48. The molecule has 0 radical (unpaired) electrons. The summed E-state index contributed by atoms with van der Waals surface area (Å²) in [5, 5.41) is 35.2. The Kier molecular flexibility index (Phi) is 4.53. The van der Waals surface area contributed by atoms with Crippen LogP contribution in [-0.4, -0.2) is 31.6 Å². The van der Waals surface area contributed by atoms with Crippen molar-refractivity contribution in [2.75, 3.05) is 5.32 Å². The average molecular weight is 356 g/mol. The predicted octanol–water partition coefficient (Wildman–Crippen LogP) is 2.50. The number of rotatable bonds is 4. The maximum Gasteiger partial charge on any atom is 0.270 e. The first-order chi connectivity index (χ1) is 12.0. The maximum absolute atomic E-state index is 10.7. The van der Waals surface area contributed by atoms with E-state index in [4.69, 9.17) is 12.2 Å². The van der Waals surface area contributed by atoms with Gasteiger partial charge in [-0.05, 0) is 36.5 Å². The number of nitrogens with zero attached hydrogens (tertiary/aromatic N) is 3. The molecule has 1 heterocycles. The van der Waals surface area contributed by atoms with Gasteiger partial charge in [0, 0.05) is 28.8 Å². The highest BCUT2D eigenvalue weighted by molar-refractivity contribution is 7.80. The van der Waals surface area contributed by atoms with Gasteiger partial charge in [-0.2, -0.15) is 10.2 Å². The van der Waals surface area contributed by atoms with Crippen LogP contribution in [0.15, 0.2) is 47.7 Å². The minimum atomic E-state index is -0.554. The van der Waals surface area contributed by atoms with E-state index in [1.165, 1.54) is 24.4 Å². The Bertz CT molecular complexity index is 984. The Balaban J connectivity index is 1.64. The van der Waals surface area contributed by atoms with Gasteiger partial charge >= 0.3 is 0 Å². The van der Waals surface area contributed by atoms with Gasteiger partial charge in [0.15, 0.2) is 5.11 Å². The van der Waals surface area contributed by atoms with Crippen LogP contribution in [0.2, 0.25) is 0 Å². The van der Waals surface area contributed by atoms with Crippen LogP contribution in [0.4, 0.5) is 11.4 Å². The largest absolute Gasteiger partial charge is 0.507 e. The third-order valence-electron chi connectivity index (χ3n) is 3.29. The summed E-state index contributed by atoms with van der Waals surface area (Å²) in [4.78, 5) is 10.2. The quantitative estimate of drug-likeness (QED) is 0.245. The van der Waals surface area contributed by atoms with Gasteiger partial charge in [0.1, 0.15) is 5.75 Å². The Morgan fingerprint density at radius 1 is 1.36 bits per heavy atom. The molecule has 9 nitrogen and oxygen atoms in total. The normalized spacial score (nSPS) is 10.9. The summed E-state index contributed by atoms with van der Waals surface area (Å²) < 4.78 is 0. The molecule has 10 heteroatoms. The molecule has 0 bridgehead atoms. The summed E-state index contributed by atoms with van der Waals surface area (Å²) >= 11 is 5.12. The highest BCUT2D eigenvalue weighted by atomic mass is 32.1. The minimum absolute atomic E-state index is 0.125. The number of H-pyrrole nitrogens is 1. The number of fused-ring (bicyclic) bond motifs is 1. The van der Waals surface area contributed by atoms with Gasteiger partial charge in [0.25, 0.3) is 5.69 Å². The van der Waals surface area contributed by atoms with Gasteiger partial charge in [-0.15, -0.1) is 0 Å². The number of thiocarbonyl (C=S) groups is 1. The number of hydrogen-bond acceptors (Lipinski definition) is 6. The fourth-order valence-corrected chi connectivity index (χ4v) is 2.26. The first-order valence-electron chi connectivity index (χ1n) is 7.03. The molecule has 0 saturated heterocycles. The highest BCUT2D eigenvalue weighted by Crippen LogP contribution is 2.21. The first-order valence-corrected chi connectivity index (χ1v) is 7.44. The lowest BCUT2D eigenvalue weighted by atomic mass is 10.2. The van der Waals surface area contributed by atoms with E-state index in [2.05, 4.69) is 26.0 Å². The third kappa shape index (κ3) is 3.87. The van der Waals surface area contributed by atoms with Crippen LogP contribution in [0.25, 0.3) is 10.9 Å². The van der Waals surface area contributed by atoms with Gasteiger partial charge in [-0.1, -0.05) is 0 Å². The molecule has 0 saturated carbocycles. The predicted molar refractivity (Wildman–Crippen MR) is 97.8 cm³/mol. The van der Waals surface area contributed by atoms with E-state index < -0.39 is 4.92 Å². The van der Waals surface area contributed by atoms with Crippen molar-refractivity contribution in [3.8, 4) is 5.75 Å². The van der Waals surface area contributed by atoms with Crippen molar-refractivity contribution in [1.82, 2.24) is 15.6 Å². The van der Waals surface area contributed by atoms with Gasteiger partial charge in [-0.25, -0.2) is 0 Å². The standard InChI is InChI=1S/C15H12N6O3S/c22-14-4-3-12(21(23)24)5-10(14)8-17-20-15(25)18-11-2-1-9-7-16-19-13(9)6-11/h1-8,22H,(H,16,19)(H2,18,20,25). The first kappa shape index (κ1) is 16.3. The van der Waals surface area contributed by atoms with Gasteiger partial charge in [-0.3, -0.25) is 20.6 Å². The lowest BCUT2D eigenvalue weighted by molar-refractivity contribution is -0.384. The molecule has 0 spiro atoms. The van der Waals surface area contributed by atoms with E-state index >= 15 is 0 Å². The van der Waals surface area contributed by atoms with Crippen LogP contribution in [0.3, 0.4) is 0 Å². The lowest BCUT2D eigenvalue weighted by Gasteiger charge is -2.07. The topological polar surface area (TPSA) is 128 Å². The number of nitrogens with one attached hydrogen (secondary N) is 3. The molecule has 126 valence electrons. The molecule has 0 atom stereocenters. The van der Waals surface area contributed by atoms with Crippen LogP contribution in [0.1, 0.15) is 5.56 Å². The number of aromatic amines is 1. The van der Waals surface area contributed by atoms with Crippen molar-refractivity contribution >= 4 is 45.8 Å². The number of phenolic OH excluding ortho intramolecular Hbond substituents is 1. The smallest absolute Gasteiger partial charge is 0.270 e. The minimum Gasteiger partial charge on any atom is -0.507 e. The van der Waals surface area contributed by atoms with E-state index in [9.17, 15) is 15.2 Å². The number of hydrogen-bond donors (Lipinski definition) is 4. The van der Waals surface area contributed by atoms with Crippen LogP contribution >= 0.6 is 12.2 Å². The number of phenols is 1. The van der Waals surface area contributed by atoms with E-state index in [-0.39, 0.29) is 22.1 Å². The summed E-state index contributed by atoms with van der Waals surface area (Å²) in [5.74, 6) is -0.125. The zero-order valence-electron chi connectivity index (χ0n) is 12.6. The SMILES string of the molecule is O=[N+]([O-])c1ccc(O)c(C=NNC(=S)Nc2ccc3cn[nH]c3c2)c1. The number of aromatic hydroxyl groups is 1. The van der Waals surface area contributed by atoms with Crippen LogP contribution < -0.4 is 10.7 Å². The molecule has 3 rings (SSSR count). The Morgan fingerprint density at radius 2 is 2.20 bits per heavy atom. The molecule has 4 N–H and O–H groups in total. The second-order valence-electron chi connectivity index (χ2n) is 5.00. The van der Waals surface area contributed by atoms with E-state index in [0.29, 0.717) is 0 Å². The summed E-state index contributed by atoms with van der Waals surface area (Å²) in [5.41, 5.74) is 4.23. The zero-order valence-corrected chi connectivity index (χ0v) is 13.4. The number of nitro groups is 1. The number of aromatic nitrogens is 2. The van der Waals surface area contributed by atoms with Crippen molar-refractivity contribution in [2.24, 2.45) is 5.10 Å². The zero-order chi connectivity index (χ0) is 17.8. The number of benzene rings is 2. The summed E-state index contributed by atoms with van der Waals surface area (Å²) in [6.07, 6.45) is 2.96. The Labute approximate surface area is 146 Å². The van der Waals surface area contributed by atoms with Crippen LogP contribution in [0, 0.1) is 10.1 Å². The molecule has 2 aromatic carbocycles. The molecule has 0 aliphatic carbocycles. The molecular weight excluding hydrogens is 344 g/mol. The summed E-state index contributed by atoms with van der Waals surface area (Å²) in [6.45, 7) is 0. The van der Waals surface area contributed by atoms with E-state index in [1.54, 1.807) is 6.20 Å². The molecule has 0 aliphatic rings. The second-order valence-corrected chi connectivity index (χ2v) is 5.40. The molecule has 0 aliphatic heterocycles. The molecule has 1 aromatic heterocycles. The number of hydrazone groups is 1.